The third kappa shape index (κ3) is 6.84. The number of anilines is 1. The minimum absolute atomic E-state index is 0.0509. The molecule has 1 atom stereocenters. The lowest BCUT2D eigenvalue weighted by molar-refractivity contribution is -0.116. The number of benzene rings is 2. The molecule has 2 aromatic carbocycles. The van der Waals surface area contributed by atoms with E-state index in [1.165, 1.54) is 12.1 Å². The van der Waals surface area contributed by atoms with Crippen LogP contribution in [0.2, 0.25) is 0 Å². The molecule has 0 aromatic heterocycles. The van der Waals surface area contributed by atoms with Crippen LogP contribution in [-0.4, -0.2) is 38.1 Å². The van der Waals surface area contributed by atoms with Gasteiger partial charge in [0, 0.05) is 18.7 Å². The van der Waals surface area contributed by atoms with Crippen LogP contribution in [0, 0.1) is 5.82 Å². The first-order chi connectivity index (χ1) is 12.4. The maximum atomic E-state index is 13.3. The van der Waals surface area contributed by atoms with Crippen molar-refractivity contribution in [1.29, 1.82) is 0 Å². The van der Waals surface area contributed by atoms with Crippen LogP contribution in [0.3, 0.4) is 0 Å². The SMILES string of the molecule is CC(CC(=O)Nc1ccc(OCCCN(C)C)cc1)c1cccc(F)c1. The van der Waals surface area contributed by atoms with Crippen LogP contribution in [0.25, 0.3) is 0 Å². The van der Waals surface area contributed by atoms with Gasteiger partial charge in [0.1, 0.15) is 11.6 Å². The van der Waals surface area contributed by atoms with Gasteiger partial charge in [0.2, 0.25) is 5.91 Å². The minimum atomic E-state index is -0.282. The summed E-state index contributed by atoms with van der Waals surface area (Å²) in [7, 11) is 4.07. The van der Waals surface area contributed by atoms with Crippen molar-refractivity contribution < 1.29 is 13.9 Å². The van der Waals surface area contributed by atoms with Gasteiger partial charge in [-0.1, -0.05) is 19.1 Å². The normalized spacial score (nSPS) is 12.0. The second kappa shape index (κ2) is 9.92. The summed E-state index contributed by atoms with van der Waals surface area (Å²) in [6.07, 6.45) is 1.26. The van der Waals surface area contributed by atoms with Gasteiger partial charge >= 0.3 is 0 Å². The van der Waals surface area contributed by atoms with Crippen molar-refractivity contribution >= 4 is 11.6 Å². The molecule has 4 nitrogen and oxygen atoms in total. The molecule has 0 aliphatic rings. The Hall–Kier alpha value is -2.40. The Kier molecular flexibility index (Phi) is 7.60. The van der Waals surface area contributed by atoms with Gasteiger partial charge in [0.15, 0.2) is 0 Å². The van der Waals surface area contributed by atoms with E-state index in [0.717, 1.165) is 30.0 Å². The smallest absolute Gasteiger partial charge is 0.224 e. The largest absolute Gasteiger partial charge is 0.494 e. The third-order valence-electron chi connectivity index (χ3n) is 4.07. The molecule has 2 aromatic rings. The number of rotatable bonds is 9. The molecular weight excluding hydrogens is 331 g/mol. The first-order valence-electron chi connectivity index (χ1n) is 8.87. The second-order valence-electron chi connectivity index (χ2n) is 6.74. The van der Waals surface area contributed by atoms with E-state index in [0.29, 0.717) is 13.0 Å². The summed E-state index contributed by atoms with van der Waals surface area (Å²) in [5.41, 5.74) is 1.55. The van der Waals surface area contributed by atoms with Gasteiger partial charge in [-0.25, -0.2) is 4.39 Å². The number of halogens is 1. The minimum Gasteiger partial charge on any atom is -0.494 e. The molecule has 140 valence electrons. The molecule has 0 saturated carbocycles. The fraction of sp³-hybridized carbons (Fsp3) is 0.381. The monoisotopic (exact) mass is 358 g/mol. The van der Waals surface area contributed by atoms with Crippen LogP contribution in [0.15, 0.2) is 48.5 Å². The first-order valence-corrected chi connectivity index (χ1v) is 8.87. The molecule has 0 aliphatic carbocycles. The lowest BCUT2D eigenvalue weighted by Gasteiger charge is -2.13. The highest BCUT2D eigenvalue weighted by molar-refractivity contribution is 5.91. The molecule has 2 rings (SSSR count). The Bertz CT molecular complexity index is 701. The Labute approximate surface area is 155 Å². The maximum Gasteiger partial charge on any atom is 0.224 e. The molecule has 0 aliphatic heterocycles. The van der Waals surface area contributed by atoms with E-state index in [-0.39, 0.29) is 17.6 Å². The van der Waals surface area contributed by atoms with Crippen LogP contribution in [0.4, 0.5) is 10.1 Å². The molecule has 26 heavy (non-hydrogen) atoms. The first kappa shape index (κ1) is 19.9. The summed E-state index contributed by atoms with van der Waals surface area (Å²) in [5, 5.41) is 2.87. The number of hydrogen-bond donors (Lipinski definition) is 1. The van der Waals surface area contributed by atoms with Crippen molar-refractivity contribution in [3.8, 4) is 5.75 Å². The van der Waals surface area contributed by atoms with Gasteiger partial charge in [-0.05, 0) is 68.4 Å². The molecule has 0 radical (unpaired) electrons. The number of ether oxygens (including phenoxy) is 1. The van der Waals surface area contributed by atoms with Crippen molar-refractivity contribution in [3.63, 3.8) is 0 Å². The lowest BCUT2D eigenvalue weighted by atomic mass is 9.97. The van der Waals surface area contributed by atoms with E-state index in [2.05, 4.69) is 10.2 Å². The van der Waals surface area contributed by atoms with Crippen LogP contribution < -0.4 is 10.1 Å². The Balaban J connectivity index is 1.79. The van der Waals surface area contributed by atoms with E-state index in [1.54, 1.807) is 6.07 Å². The second-order valence-corrected chi connectivity index (χ2v) is 6.74. The highest BCUT2D eigenvalue weighted by atomic mass is 19.1. The highest BCUT2D eigenvalue weighted by Gasteiger charge is 2.12. The van der Waals surface area contributed by atoms with Crippen LogP contribution in [-0.2, 0) is 4.79 Å². The summed E-state index contributed by atoms with van der Waals surface area (Å²) in [6, 6.07) is 13.7. The predicted octanol–water partition coefficient (Wildman–Crippen LogP) is 4.29. The zero-order chi connectivity index (χ0) is 18.9. The van der Waals surface area contributed by atoms with Gasteiger partial charge in [0.05, 0.1) is 6.61 Å². The zero-order valence-corrected chi connectivity index (χ0v) is 15.7. The van der Waals surface area contributed by atoms with Crippen molar-refractivity contribution in [2.45, 2.75) is 25.7 Å². The molecule has 1 unspecified atom stereocenters. The quantitative estimate of drug-likeness (QED) is 0.680. The summed E-state index contributed by atoms with van der Waals surface area (Å²) in [6.45, 7) is 3.56. The highest BCUT2D eigenvalue weighted by Crippen LogP contribution is 2.21. The van der Waals surface area contributed by atoms with Crippen LogP contribution >= 0.6 is 0 Å². The van der Waals surface area contributed by atoms with E-state index in [1.807, 2.05) is 51.4 Å². The van der Waals surface area contributed by atoms with E-state index in [9.17, 15) is 9.18 Å². The molecule has 5 heteroatoms. The molecule has 0 heterocycles. The fourth-order valence-corrected chi connectivity index (χ4v) is 2.63. The number of nitrogens with zero attached hydrogens (tertiary/aromatic N) is 1. The predicted molar refractivity (Wildman–Crippen MR) is 103 cm³/mol. The molecule has 0 spiro atoms. The molecule has 0 saturated heterocycles. The summed E-state index contributed by atoms with van der Waals surface area (Å²) in [5.74, 6) is 0.359. The molecular formula is C21H27FN2O2. The van der Waals surface area contributed by atoms with E-state index >= 15 is 0 Å². The Morgan fingerprint density at radius 2 is 1.92 bits per heavy atom. The Morgan fingerprint density at radius 1 is 1.19 bits per heavy atom. The number of nitrogens with one attached hydrogen (secondary N) is 1. The molecule has 0 bridgehead atoms. The Morgan fingerprint density at radius 3 is 2.58 bits per heavy atom. The zero-order valence-electron chi connectivity index (χ0n) is 15.7. The average Bonchev–Trinajstić information content (AvgIpc) is 2.60. The van der Waals surface area contributed by atoms with E-state index in [4.69, 9.17) is 4.74 Å². The van der Waals surface area contributed by atoms with Crippen molar-refractivity contribution in [3.05, 3.63) is 59.9 Å². The topological polar surface area (TPSA) is 41.6 Å². The molecule has 1 amide bonds. The van der Waals surface area contributed by atoms with Gasteiger partial charge in [0.25, 0.3) is 0 Å². The van der Waals surface area contributed by atoms with Crippen LogP contribution in [0.5, 0.6) is 5.75 Å². The number of carbonyl (C=O) groups excluding carboxylic acids is 1. The number of amides is 1. The summed E-state index contributed by atoms with van der Waals surface area (Å²) in [4.78, 5) is 14.3. The van der Waals surface area contributed by atoms with E-state index < -0.39 is 0 Å². The number of hydrogen-bond acceptors (Lipinski definition) is 3. The van der Waals surface area contributed by atoms with Gasteiger partial charge in [-0.3, -0.25) is 4.79 Å². The van der Waals surface area contributed by atoms with Gasteiger partial charge in [-0.2, -0.15) is 0 Å². The fourth-order valence-electron chi connectivity index (χ4n) is 2.63. The van der Waals surface area contributed by atoms with Crippen LogP contribution in [0.1, 0.15) is 31.2 Å². The summed E-state index contributed by atoms with van der Waals surface area (Å²) >= 11 is 0. The number of carbonyl (C=O) groups is 1. The van der Waals surface area contributed by atoms with Crippen molar-refractivity contribution in [1.82, 2.24) is 4.90 Å². The van der Waals surface area contributed by atoms with Crippen molar-refractivity contribution in [2.24, 2.45) is 0 Å². The molecule has 0 fully saturated rings. The van der Waals surface area contributed by atoms with Gasteiger partial charge < -0.3 is 15.0 Å². The average molecular weight is 358 g/mol. The van der Waals surface area contributed by atoms with Crippen molar-refractivity contribution in [2.75, 3.05) is 32.6 Å². The molecule has 1 N–H and O–H groups in total. The maximum absolute atomic E-state index is 13.3. The summed E-state index contributed by atoms with van der Waals surface area (Å²) < 4.78 is 19.0. The standard InChI is InChI=1S/C21H27FN2O2/c1-16(17-6-4-7-18(22)15-17)14-21(25)23-19-8-10-20(11-9-19)26-13-5-12-24(2)3/h4,6-11,15-16H,5,12-14H2,1-3H3,(H,23,25). The lowest BCUT2D eigenvalue weighted by Crippen LogP contribution is -2.15. The third-order valence-corrected chi connectivity index (χ3v) is 4.07. The van der Waals surface area contributed by atoms with Gasteiger partial charge in [-0.15, -0.1) is 0 Å².